The van der Waals surface area contributed by atoms with E-state index < -0.39 is 6.03 Å². The van der Waals surface area contributed by atoms with Gasteiger partial charge in [-0.3, -0.25) is 14.5 Å². The summed E-state index contributed by atoms with van der Waals surface area (Å²) in [6.45, 7) is 1.67. The summed E-state index contributed by atoms with van der Waals surface area (Å²) in [4.78, 5) is 36.0. The molecule has 0 bridgehead atoms. The number of ether oxygens (including phenoxy) is 2. The number of carbonyl (C=O) groups is 3. The highest BCUT2D eigenvalue weighted by Crippen LogP contribution is 2.16. The van der Waals surface area contributed by atoms with Gasteiger partial charge in [0.05, 0.1) is 12.6 Å². The fourth-order valence-electron chi connectivity index (χ4n) is 2.73. The number of carbonyl (C=O) groups excluding carboxylic acids is 3. The second kappa shape index (κ2) is 7.98. The minimum atomic E-state index is -0.424. The predicted octanol–water partition coefficient (Wildman–Crippen LogP) is 0.526. The Morgan fingerprint density at radius 2 is 2.12 bits per heavy atom. The third-order valence-corrected chi connectivity index (χ3v) is 4.13. The second-order valence-corrected chi connectivity index (χ2v) is 5.93. The normalized spacial score (nSPS) is 19.8. The fourth-order valence-corrected chi connectivity index (χ4v) is 2.73. The van der Waals surface area contributed by atoms with Gasteiger partial charge in [0, 0.05) is 25.3 Å². The molecule has 0 spiro atoms. The molecule has 2 aliphatic heterocycles. The van der Waals surface area contributed by atoms with Crippen LogP contribution in [0, 0.1) is 0 Å². The predicted molar refractivity (Wildman–Crippen MR) is 88.4 cm³/mol. The molecule has 1 aromatic carbocycles. The Bertz CT molecular complexity index is 624. The number of imide groups is 1. The Balaban J connectivity index is 1.42. The van der Waals surface area contributed by atoms with Gasteiger partial charge < -0.3 is 20.1 Å². The van der Waals surface area contributed by atoms with Crippen LogP contribution in [0.2, 0.25) is 0 Å². The van der Waals surface area contributed by atoms with E-state index in [0.29, 0.717) is 17.9 Å². The number of nitrogens with zero attached hydrogens (tertiary/aromatic N) is 1. The van der Waals surface area contributed by atoms with E-state index in [-0.39, 0.29) is 37.6 Å². The van der Waals surface area contributed by atoms with E-state index >= 15 is 0 Å². The van der Waals surface area contributed by atoms with Gasteiger partial charge in [0.15, 0.2) is 0 Å². The molecular weight excluding hydrogens is 326 g/mol. The van der Waals surface area contributed by atoms with E-state index in [2.05, 4.69) is 10.6 Å². The minimum absolute atomic E-state index is 0.0140. The molecule has 1 unspecified atom stereocenters. The average molecular weight is 347 g/mol. The first-order chi connectivity index (χ1) is 12.1. The van der Waals surface area contributed by atoms with Crippen LogP contribution in [0.15, 0.2) is 24.3 Å². The lowest BCUT2D eigenvalue weighted by Crippen LogP contribution is -2.38. The summed E-state index contributed by atoms with van der Waals surface area (Å²) >= 11 is 0. The Hall–Kier alpha value is -2.61. The first kappa shape index (κ1) is 17.2. The highest BCUT2D eigenvalue weighted by molar-refractivity contribution is 6.02. The molecule has 0 radical (unpaired) electrons. The van der Waals surface area contributed by atoms with Gasteiger partial charge in [-0.05, 0) is 37.1 Å². The fraction of sp³-hybridized carbons (Fsp3) is 0.471. The van der Waals surface area contributed by atoms with Gasteiger partial charge in [-0.25, -0.2) is 4.79 Å². The smallest absolute Gasteiger partial charge is 0.324 e. The topological polar surface area (TPSA) is 97.0 Å². The van der Waals surface area contributed by atoms with Crippen LogP contribution >= 0.6 is 0 Å². The van der Waals surface area contributed by atoms with Crippen LogP contribution in [0.1, 0.15) is 23.2 Å². The van der Waals surface area contributed by atoms with Crippen molar-refractivity contribution in [2.45, 2.75) is 18.9 Å². The minimum Gasteiger partial charge on any atom is -0.491 e. The molecule has 1 atom stereocenters. The second-order valence-electron chi connectivity index (χ2n) is 5.93. The van der Waals surface area contributed by atoms with Crippen LogP contribution in [0.3, 0.4) is 0 Å². The van der Waals surface area contributed by atoms with Crippen LogP contribution in [-0.2, 0) is 9.53 Å². The number of amides is 4. The highest BCUT2D eigenvalue weighted by Gasteiger charge is 2.27. The Morgan fingerprint density at radius 1 is 1.32 bits per heavy atom. The first-order valence-corrected chi connectivity index (χ1v) is 8.34. The zero-order valence-electron chi connectivity index (χ0n) is 13.8. The van der Waals surface area contributed by atoms with Crippen molar-refractivity contribution in [1.29, 1.82) is 0 Å². The van der Waals surface area contributed by atoms with Gasteiger partial charge in [-0.1, -0.05) is 0 Å². The number of urea groups is 1. The molecule has 134 valence electrons. The lowest BCUT2D eigenvalue weighted by Gasteiger charge is -2.13. The summed E-state index contributed by atoms with van der Waals surface area (Å²) < 4.78 is 11.1. The van der Waals surface area contributed by atoms with E-state index in [1.54, 1.807) is 24.3 Å². The van der Waals surface area contributed by atoms with Gasteiger partial charge in [0.1, 0.15) is 12.4 Å². The molecule has 2 N–H and O–H groups in total. The van der Waals surface area contributed by atoms with Gasteiger partial charge in [0.2, 0.25) is 5.91 Å². The first-order valence-electron chi connectivity index (χ1n) is 8.34. The maximum absolute atomic E-state index is 12.1. The standard InChI is InChI=1S/C17H21N3O5/c21-15-10-19-17(23)20(15)8-7-18-16(22)12-3-5-13(6-4-12)25-11-14-2-1-9-24-14/h3-6,14H,1-2,7-11H2,(H,18,22)(H,19,23). The molecule has 2 aliphatic rings. The Labute approximate surface area is 145 Å². The van der Waals surface area contributed by atoms with Crippen LogP contribution in [0.25, 0.3) is 0 Å². The van der Waals surface area contributed by atoms with Crippen molar-refractivity contribution in [3.8, 4) is 5.75 Å². The van der Waals surface area contributed by atoms with Crippen molar-refractivity contribution in [3.05, 3.63) is 29.8 Å². The summed E-state index contributed by atoms with van der Waals surface area (Å²) in [5.41, 5.74) is 0.488. The molecular formula is C17H21N3O5. The molecule has 8 heteroatoms. The zero-order valence-corrected chi connectivity index (χ0v) is 13.8. The third-order valence-electron chi connectivity index (χ3n) is 4.13. The molecule has 2 fully saturated rings. The Kier molecular flexibility index (Phi) is 5.49. The number of benzene rings is 1. The van der Waals surface area contributed by atoms with E-state index in [4.69, 9.17) is 9.47 Å². The largest absolute Gasteiger partial charge is 0.491 e. The van der Waals surface area contributed by atoms with E-state index in [1.807, 2.05) is 0 Å². The molecule has 0 aliphatic carbocycles. The molecule has 25 heavy (non-hydrogen) atoms. The lowest BCUT2D eigenvalue weighted by molar-refractivity contribution is -0.124. The van der Waals surface area contributed by atoms with Gasteiger partial charge in [-0.2, -0.15) is 0 Å². The average Bonchev–Trinajstić information content (AvgIpc) is 3.25. The van der Waals surface area contributed by atoms with Gasteiger partial charge in [0.25, 0.3) is 5.91 Å². The summed E-state index contributed by atoms with van der Waals surface area (Å²) in [6.07, 6.45) is 2.23. The molecule has 3 rings (SSSR count). The zero-order chi connectivity index (χ0) is 17.6. The quantitative estimate of drug-likeness (QED) is 0.701. The molecule has 0 saturated carbocycles. The molecule has 2 heterocycles. The lowest BCUT2D eigenvalue weighted by atomic mass is 10.2. The molecule has 8 nitrogen and oxygen atoms in total. The number of hydrogen-bond acceptors (Lipinski definition) is 5. The Morgan fingerprint density at radius 3 is 2.76 bits per heavy atom. The number of nitrogens with one attached hydrogen (secondary N) is 2. The van der Waals surface area contributed by atoms with Crippen molar-refractivity contribution < 1.29 is 23.9 Å². The summed E-state index contributed by atoms with van der Waals surface area (Å²) in [7, 11) is 0. The van der Waals surface area contributed by atoms with Crippen molar-refractivity contribution in [2.75, 3.05) is 32.8 Å². The SMILES string of the molecule is O=C(NCCN1C(=O)CNC1=O)c1ccc(OCC2CCCO2)cc1. The van der Waals surface area contributed by atoms with Crippen molar-refractivity contribution in [1.82, 2.24) is 15.5 Å². The van der Waals surface area contributed by atoms with Crippen LogP contribution in [-0.4, -0.2) is 61.7 Å². The monoisotopic (exact) mass is 347 g/mol. The van der Waals surface area contributed by atoms with Crippen LogP contribution in [0.5, 0.6) is 5.75 Å². The molecule has 1 aromatic rings. The van der Waals surface area contributed by atoms with E-state index in [0.717, 1.165) is 24.3 Å². The van der Waals surface area contributed by atoms with E-state index in [9.17, 15) is 14.4 Å². The number of hydrogen-bond donors (Lipinski definition) is 2. The molecule has 0 aromatic heterocycles. The van der Waals surface area contributed by atoms with Crippen LogP contribution < -0.4 is 15.4 Å². The van der Waals surface area contributed by atoms with Crippen molar-refractivity contribution in [3.63, 3.8) is 0 Å². The van der Waals surface area contributed by atoms with Gasteiger partial charge >= 0.3 is 6.03 Å². The van der Waals surface area contributed by atoms with Crippen molar-refractivity contribution in [2.24, 2.45) is 0 Å². The summed E-state index contributed by atoms with van der Waals surface area (Å²) in [6, 6.07) is 6.40. The molecule has 2 saturated heterocycles. The van der Waals surface area contributed by atoms with Crippen LogP contribution in [0.4, 0.5) is 4.79 Å². The third kappa shape index (κ3) is 4.48. The van der Waals surface area contributed by atoms with Gasteiger partial charge in [-0.15, -0.1) is 0 Å². The summed E-state index contributed by atoms with van der Waals surface area (Å²) in [5, 5.41) is 5.12. The maximum atomic E-state index is 12.1. The molecule has 4 amide bonds. The highest BCUT2D eigenvalue weighted by atomic mass is 16.5. The van der Waals surface area contributed by atoms with E-state index in [1.165, 1.54) is 0 Å². The maximum Gasteiger partial charge on any atom is 0.324 e. The van der Waals surface area contributed by atoms with Crippen molar-refractivity contribution >= 4 is 17.8 Å². The summed E-state index contributed by atoms with van der Waals surface area (Å²) in [5.74, 6) is 0.135. The number of rotatable bonds is 7.